The van der Waals surface area contributed by atoms with E-state index in [9.17, 15) is 19.1 Å². The Morgan fingerprint density at radius 2 is 2.06 bits per heavy atom. The second-order valence-corrected chi connectivity index (χ2v) is 8.80. The number of hydrogen-bond acceptors (Lipinski definition) is 7. The van der Waals surface area contributed by atoms with Crippen molar-refractivity contribution in [3.63, 3.8) is 0 Å². The van der Waals surface area contributed by atoms with Gasteiger partial charge >= 0.3 is 0 Å². The third-order valence-corrected chi connectivity index (χ3v) is 5.84. The highest BCUT2D eigenvalue weighted by Gasteiger charge is 2.29. The zero-order valence-electron chi connectivity index (χ0n) is 19.2. The fourth-order valence-electron chi connectivity index (χ4n) is 3.83. The number of pyridine rings is 1. The van der Waals surface area contributed by atoms with Crippen LogP contribution in [0.5, 0.6) is 11.5 Å². The lowest BCUT2D eigenvalue weighted by Gasteiger charge is -2.30. The van der Waals surface area contributed by atoms with Crippen LogP contribution in [0.2, 0.25) is 0 Å². The molecule has 8 nitrogen and oxygen atoms in total. The average molecular weight is 489 g/mol. The number of halogens is 2. The van der Waals surface area contributed by atoms with Crippen LogP contribution in [0.25, 0.3) is 22.2 Å². The number of aromatic nitrogens is 2. The van der Waals surface area contributed by atoms with Crippen molar-refractivity contribution in [2.45, 2.75) is 6.92 Å². The van der Waals surface area contributed by atoms with Gasteiger partial charge in [-0.3, -0.25) is 0 Å². The summed E-state index contributed by atoms with van der Waals surface area (Å²) in [6.45, 7) is 2.26. The number of nitrogens with zero attached hydrogens (tertiary/aromatic N) is 3. The molecule has 0 saturated carbocycles. The zero-order valence-corrected chi connectivity index (χ0v) is 19.2. The maximum absolute atomic E-state index is 15.0. The van der Waals surface area contributed by atoms with Gasteiger partial charge in [-0.2, -0.15) is 5.26 Å². The van der Waals surface area contributed by atoms with E-state index in [4.69, 9.17) is 9.47 Å². The highest BCUT2D eigenvalue weighted by molar-refractivity contribution is 5.98. The van der Waals surface area contributed by atoms with Crippen molar-refractivity contribution in [1.29, 1.82) is 5.26 Å². The van der Waals surface area contributed by atoms with Gasteiger partial charge in [0.2, 0.25) is 0 Å². The lowest BCUT2D eigenvalue weighted by molar-refractivity contribution is 0.0706. The third-order valence-electron chi connectivity index (χ3n) is 5.84. The minimum Gasteiger partial charge on any atom is -0.464 e. The number of aliphatic hydroxyl groups excluding tert-OH is 1. The number of aliphatic hydroxyl groups is 1. The van der Waals surface area contributed by atoms with Gasteiger partial charge in [-0.05, 0) is 23.8 Å². The van der Waals surface area contributed by atoms with E-state index in [1.165, 1.54) is 12.3 Å². The summed E-state index contributed by atoms with van der Waals surface area (Å²) in [5.41, 5.74) is 1.93. The Morgan fingerprint density at radius 1 is 1.25 bits per heavy atom. The minimum absolute atomic E-state index is 0.0893. The smallest absolute Gasteiger partial charge is 0.289 e. The topological polar surface area (TPSA) is 116 Å². The first kappa shape index (κ1) is 23.3. The maximum atomic E-state index is 15.0. The number of aromatic amines is 1. The molecule has 0 fully saturated rings. The largest absolute Gasteiger partial charge is 0.464 e. The van der Waals surface area contributed by atoms with Crippen LogP contribution in [0.1, 0.15) is 12.5 Å². The summed E-state index contributed by atoms with van der Waals surface area (Å²) in [4.78, 5) is 11.5. The molecule has 2 aromatic carbocycles. The molecule has 5 rings (SSSR count). The second-order valence-electron chi connectivity index (χ2n) is 8.80. The Balaban J connectivity index is 1.45. The molecular formula is C26H21F2N5O3. The number of anilines is 1. The molecule has 1 aliphatic rings. The lowest BCUT2D eigenvalue weighted by atomic mass is 9.93. The quantitative estimate of drug-likeness (QED) is 0.365. The van der Waals surface area contributed by atoms with Crippen LogP contribution in [0, 0.1) is 28.4 Å². The Labute approximate surface area is 204 Å². The fourth-order valence-corrected chi connectivity index (χ4v) is 3.83. The molecule has 3 heterocycles. The Kier molecular flexibility index (Phi) is 6.00. The molecular weight excluding hydrogens is 468 g/mol. The minimum atomic E-state index is -0.928. The van der Waals surface area contributed by atoms with Crippen LogP contribution < -0.4 is 10.1 Å². The van der Waals surface area contributed by atoms with Gasteiger partial charge < -0.3 is 24.9 Å². The molecule has 10 heteroatoms. The molecule has 4 aromatic rings. The molecule has 0 amide bonds. The number of fused-ring (bicyclic) bond motifs is 1. The molecule has 182 valence electrons. The Morgan fingerprint density at radius 3 is 2.75 bits per heavy atom. The molecule has 2 aromatic heterocycles. The summed E-state index contributed by atoms with van der Waals surface area (Å²) >= 11 is 0. The first-order valence-corrected chi connectivity index (χ1v) is 11.1. The molecule has 0 spiro atoms. The van der Waals surface area contributed by atoms with Gasteiger partial charge in [0.25, 0.3) is 6.02 Å². The van der Waals surface area contributed by atoms with Crippen molar-refractivity contribution in [3.8, 4) is 28.7 Å². The van der Waals surface area contributed by atoms with Crippen LogP contribution in [-0.4, -0.2) is 40.9 Å². The van der Waals surface area contributed by atoms with Crippen molar-refractivity contribution >= 4 is 22.7 Å². The number of nitriles is 1. The summed E-state index contributed by atoms with van der Waals surface area (Å²) in [5.74, 6) is -2.24. The predicted molar refractivity (Wildman–Crippen MR) is 130 cm³/mol. The first-order chi connectivity index (χ1) is 17.4. The summed E-state index contributed by atoms with van der Waals surface area (Å²) in [7, 11) is 0. The maximum Gasteiger partial charge on any atom is 0.289 e. The van der Waals surface area contributed by atoms with Gasteiger partial charge in [-0.1, -0.05) is 19.1 Å². The highest BCUT2D eigenvalue weighted by atomic mass is 19.1. The molecule has 0 saturated heterocycles. The molecule has 1 atom stereocenters. The van der Waals surface area contributed by atoms with Crippen LogP contribution >= 0.6 is 0 Å². The van der Waals surface area contributed by atoms with E-state index in [1.807, 2.05) is 13.0 Å². The summed E-state index contributed by atoms with van der Waals surface area (Å²) in [5, 5.41) is 21.9. The average Bonchev–Trinajstić information content (AvgIpc) is 3.33. The molecule has 36 heavy (non-hydrogen) atoms. The van der Waals surface area contributed by atoms with E-state index in [2.05, 4.69) is 26.3 Å². The van der Waals surface area contributed by atoms with Crippen molar-refractivity contribution in [2.75, 3.05) is 25.1 Å². The van der Waals surface area contributed by atoms with E-state index in [-0.39, 0.29) is 30.7 Å². The number of hydrogen-bond donors (Lipinski definition) is 3. The lowest BCUT2D eigenvalue weighted by Crippen LogP contribution is -2.38. The van der Waals surface area contributed by atoms with E-state index in [1.54, 1.807) is 24.4 Å². The molecule has 0 radical (unpaired) electrons. The monoisotopic (exact) mass is 489 g/mol. The number of ether oxygens (including phenoxy) is 2. The van der Waals surface area contributed by atoms with Gasteiger partial charge in [0.15, 0.2) is 17.4 Å². The number of rotatable bonds is 5. The van der Waals surface area contributed by atoms with Crippen molar-refractivity contribution < 1.29 is 23.4 Å². The summed E-state index contributed by atoms with van der Waals surface area (Å²) < 4.78 is 41.2. The van der Waals surface area contributed by atoms with Crippen molar-refractivity contribution in [3.05, 3.63) is 72.1 Å². The standard InChI is InChI=1S/C26H21F2N5O3/c1-26(13-34)12-32-25(35-14-26)33-17-8-19(27)23(20(28)9-17)36-21-5-6-30-24-22(21)18(11-31-24)16-4-2-3-15(7-16)10-29/h2-9,11,34H,12-14H2,1H3,(H,30,31)(H,32,33). The zero-order chi connectivity index (χ0) is 25.3. The van der Waals surface area contributed by atoms with E-state index in [0.717, 1.165) is 17.7 Å². The number of benzene rings is 2. The SMILES string of the molecule is CC1(CO)CN=C(Nc2cc(F)c(Oc3ccnc4[nH]cc(-c5cccc(C#N)c5)c34)c(F)c2)OC1. The normalized spacial score (nSPS) is 17.2. The molecule has 0 bridgehead atoms. The van der Waals surface area contributed by atoms with E-state index < -0.39 is 22.8 Å². The second kappa shape index (κ2) is 9.28. The summed E-state index contributed by atoms with van der Waals surface area (Å²) in [6.07, 6.45) is 3.17. The van der Waals surface area contributed by atoms with Gasteiger partial charge in [-0.25, -0.2) is 18.8 Å². The highest BCUT2D eigenvalue weighted by Crippen LogP contribution is 2.38. The summed E-state index contributed by atoms with van der Waals surface area (Å²) in [6, 6.07) is 12.8. The molecule has 3 N–H and O–H groups in total. The van der Waals surface area contributed by atoms with E-state index in [0.29, 0.717) is 28.7 Å². The molecule has 1 unspecified atom stereocenters. The van der Waals surface area contributed by atoms with Crippen molar-refractivity contribution in [2.24, 2.45) is 10.4 Å². The third kappa shape index (κ3) is 4.44. The number of amidine groups is 1. The van der Waals surface area contributed by atoms with Gasteiger partial charge in [-0.15, -0.1) is 0 Å². The van der Waals surface area contributed by atoms with Gasteiger partial charge in [0, 0.05) is 41.2 Å². The number of H-pyrrole nitrogens is 1. The van der Waals surface area contributed by atoms with Crippen LogP contribution in [-0.2, 0) is 4.74 Å². The van der Waals surface area contributed by atoms with Crippen LogP contribution in [0.3, 0.4) is 0 Å². The van der Waals surface area contributed by atoms with Crippen LogP contribution in [0.15, 0.2) is 59.9 Å². The Bertz CT molecular complexity index is 1500. The van der Waals surface area contributed by atoms with Crippen molar-refractivity contribution in [1.82, 2.24) is 9.97 Å². The molecule has 0 aliphatic carbocycles. The van der Waals surface area contributed by atoms with Gasteiger partial charge in [0.05, 0.1) is 30.2 Å². The number of aliphatic imine (C=N–C) groups is 1. The Hall–Kier alpha value is -4.49. The van der Waals surface area contributed by atoms with Gasteiger partial charge in [0.1, 0.15) is 18.0 Å². The number of nitrogens with one attached hydrogen (secondary N) is 2. The predicted octanol–water partition coefficient (Wildman–Crippen LogP) is 4.97. The van der Waals surface area contributed by atoms with Crippen LogP contribution in [0.4, 0.5) is 14.5 Å². The van der Waals surface area contributed by atoms with E-state index >= 15 is 0 Å². The fraction of sp³-hybridized carbons (Fsp3) is 0.192. The first-order valence-electron chi connectivity index (χ1n) is 11.1. The molecule has 1 aliphatic heterocycles.